The molecule has 102 valence electrons. The van der Waals surface area contributed by atoms with Crippen LogP contribution in [0.2, 0.25) is 0 Å². The summed E-state index contributed by atoms with van der Waals surface area (Å²) in [6.07, 6.45) is 0. The quantitative estimate of drug-likeness (QED) is 0.369. The molecule has 0 N–H and O–H groups in total. The molecular formula is C14H10BrNO4. The summed E-state index contributed by atoms with van der Waals surface area (Å²) < 4.78 is 5.90. The van der Waals surface area contributed by atoms with Crippen molar-refractivity contribution >= 4 is 27.6 Å². The first-order valence-electron chi connectivity index (χ1n) is 5.70. The second-order valence-corrected chi connectivity index (χ2v) is 4.98. The highest BCUT2D eigenvalue weighted by atomic mass is 79.9. The number of nitro groups is 1. The molecule has 0 aliphatic rings. The van der Waals surface area contributed by atoms with Crippen molar-refractivity contribution in [1.82, 2.24) is 0 Å². The molecule has 2 aromatic carbocycles. The zero-order valence-electron chi connectivity index (χ0n) is 10.5. The van der Waals surface area contributed by atoms with Crippen molar-refractivity contribution in [3.8, 4) is 5.75 Å². The van der Waals surface area contributed by atoms with Crippen LogP contribution in [-0.4, -0.2) is 10.9 Å². The summed E-state index contributed by atoms with van der Waals surface area (Å²) in [7, 11) is 0. The predicted molar refractivity (Wildman–Crippen MR) is 76.9 cm³/mol. The average Bonchev–Trinajstić information content (AvgIpc) is 2.42. The van der Waals surface area contributed by atoms with Gasteiger partial charge in [0.1, 0.15) is 5.75 Å². The molecule has 0 atom stereocenters. The Kier molecular flexibility index (Phi) is 4.14. The van der Waals surface area contributed by atoms with Crippen molar-refractivity contribution in [2.24, 2.45) is 0 Å². The number of carbonyl (C=O) groups is 1. The number of carbonyl (C=O) groups excluding carboxylic acids is 1. The third kappa shape index (κ3) is 3.21. The molecule has 0 spiro atoms. The van der Waals surface area contributed by atoms with E-state index in [1.807, 2.05) is 19.1 Å². The number of nitro benzene ring substituents is 1. The molecule has 0 aromatic heterocycles. The summed E-state index contributed by atoms with van der Waals surface area (Å²) in [6, 6.07) is 10.6. The molecule has 0 saturated carbocycles. The van der Waals surface area contributed by atoms with Gasteiger partial charge in [0.05, 0.1) is 15.0 Å². The Morgan fingerprint density at radius 3 is 2.40 bits per heavy atom. The Bertz CT molecular complexity index is 667. The van der Waals surface area contributed by atoms with E-state index < -0.39 is 10.9 Å². The van der Waals surface area contributed by atoms with Gasteiger partial charge in [-0.25, -0.2) is 4.79 Å². The fourth-order valence-corrected chi connectivity index (χ4v) is 2.14. The first-order chi connectivity index (χ1) is 9.47. The van der Waals surface area contributed by atoms with Crippen molar-refractivity contribution < 1.29 is 14.5 Å². The molecule has 5 nitrogen and oxygen atoms in total. The van der Waals surface area contributed by atoms with Crippen LogP contribution in [0.4, 0.5) is 5.69 Å². The molecule has 0 unspecified atom stereocenters. The molecule has 0 fully saturated rings. The van der Waals surface area contributed by atoms with Gasteiger partial charge in [-0.3, -0.25) is 10.1 Å². The number of benzene rings is 2. The van der Waals surface area contributed by atoms with Gasteiger partial charge >= 0.3 is 5.97 Å². The van der Waals surface area contributed by atoms with E-state index in [9.17, 15) is 14.9 Å². The lowest BCUT2D eigenvalue weighted by Crippen LogP contribution is -2.08. The van der Waals surface area contributed by atoms with Gasteiger partial charge in [0.25, 0.3) is 5.69 Å². The number of nitrogens with zero attached hydrogens (tertiary/aromatic N) is 1. The topological polar surface area (TPSA) is 69.4 Å². The van der Waals surface area contributed by atoms with Crippen molar-refractivity contribution in [2.75, 3.05) is 0 Å². The SMILES string of the molecule is Cc1ccc(OC(=O)c2ccc([N+](=O)[O-])cc2)c(Br)c1. The van der Waals surface area contributed by atoms with E-state index >= 15 is 0 Å². The number of aryl methyl sites for hydroxylation is 1. The van der Waals surface area contributed by atoms with Crippen molar-refractivity contribution in [1.29, 1.82) is 0 Å². The Labute approximate surface area is 123 Å². The van der Waals surface area contributed by atoms with E-state index in [0.29, 0.717) is 10.2 Å². The van der Waals surface area contributed by atoms with Gasteiger partial charge in [-0.05, 0) is 52.7 Å². The van der Waals surface area contributed by atoms with Crippen LogP contribution in [-0.2, 0) is 0 Å². The molecular weight excluding hydrogens is 326 g/mol. The Morgan fingerprint density at radius 2 is 1.85 bits per heavy atom. The maximum Gasteiger partial charge on any atom is 0.343 e. The van der Waals surface area contributed by atoms with Crippen LogP contribution in [0.1, 0.15) is 15.9 Å². The summed E-state index contributed by atoms with van der Waals surface area (Å²) >= 11 is 3.31. The maximum absolute atomic E-state index is 11.9. The predicted octanol–water partition coefficient (Wildman–Crippen LogP) is 3.88. The molecule has 20 heavy (non-hydrogen) atoms. The first kappa shape index (κ1) is 14.2. The van der Waals surface area contributed by atoms with Gasteiger partial charge < -0.3 is 4.74 Å². The van der Waals surface area contributed by atoms with Gasteiger partial charge in [0, 0.05) is 12.1 Å². The monoisotopic (exact) mass is 335 g/mol. The van der Waals surface area contributed by atoms with Crippen LogP contribution in [0.3, 0.4) is 0 Å². The number of hydrogen-bond donors (Lipinski definition) is 0. The lowest BCUT2D eigenvalue weighted by molar-refractivity contribution is -0.384. The number of rotatable bonds is 3. The van der Waals surface area contributed by atoms with E-state index in [1.165, 1.54) is 24.3 Å². The smallest absolute Gasteiger partial charge is 0.343 e. The summed E-state index contributed by atoms with van der Waals surface area (Å²) in [5, 5.41) is 10.5. The summed E-state index contributed by atoms with van der Waals surface area (Å²) in [4.78, 5) is 21.9. The van der Waals surface area contributed by atoms with Crippen molar-refractivity contribution in [3.05, 3.63) is 68.2 Å². The third-order valence-corrected chi connectivity index (χ3v) is 3.22. The number of ether oxygens (including phenoxy) is 1. The molecule has 0 bridgehead atoms. The molecule has 0 aliphatic heterocycles. The van der Waals surface area contributed by atoms with Crippen LogP contribution < -0.4 is 4.74 Å². The molecule has 6 heteroatoms. The lowest BCUT2D eigenvalue weighted by Gasteiger charge is -2.07. The van der Waals surface area contributed by atoms with Crippen LogP contribution >= 0.6 is 15.9 Å². The minimum atomic E-state index is -0.565. The molecule has 0 heterocycles. The van der Waals surface area contributed by atoms with E-state index in [1.54, 1.807) is 6.07 Å². The lowest BCUT2D eigenvalue weighted by atomic mass is 10.2. The Hall–Kier alpha value is -2.21. The van der Waals surface area contributed by atoms with Gasteiger partial charge in [-0.2, -0.15) is 0 Å². The van der Waals surface area contributed by atoms with E-state index in [4.69, 9.17) is 4.74 Å². The highest BCUT2D eigenvalue weighted by molar-refractivity contribution is 9.10. The minimum absolute atomic E-state index is 0.0712. The second kappa shape index (κ2) is 5.83. The molecule has 0 aliphatic carbocycles. The first-order valence-corrected chi connectivity index (χ1v) is 6.49. The fourth-order valence-electron chi connectivity index (χ4n) is 1.57. The zero-order chi connectivity index (χ0) is 14.7. The number of halogens is 1. The van der Waals surface area contributed by atoms with Crippen LogP contribution in [0.5, 0.6) is 5.75 Å². The van der Waals surface area contributed by atoms with Gasteiger partial charge in [0.15, 0.2) is 0 Å². The zero-order valence-corrected chi connectivity index (χ0v) is 12.1. The third-order valence-electron chi connectivity index (χ3n) is 2.60. The summed E-state index contributed by atoms with van der Waals surface area (Å²) in [5.41, 5.74) is 1.22. The second-order valence-electron chi connectivity index (χ2n) is 4.13. The highest BCUT2D eigenvalue weighted by Crippen LogP contribution is 2.26. The minimum Gasteiger partial charge on any atom is -0.422 e. The van der Waals surface area contributed by atoms with Gasteiger partial charge in [0.2, 0.25) is 0 Å². The Morgan fingerprint density at radius 1 is 1.20 bits per heavy atom. The van der Waals surface area contributed by atoms with E-state index in [0.717, 1.165) is 5.56 Å². The number of esters is 1. The van der Waals surface area contributed by atoms with Crippen LogP contribution in [0, 0.1) is 17.0 Å². The molecule has 0 saturated heterocycles. The van der Waals surface area contributed by atoms with Crippen LogP contribution in [0.15, 0.2) is 46.9 Å². The summed E-state index contributed by atoms with van der Waals surface area (Å²) in [5.74, 6) is -0.164. The normalized spacial score (nSPS) is 10.1. The molecule has 2 rings (SSSR count). The van der Waals surface area contributed by atoms with Gasteiger partial charge in [-0.15, -0.1) is 0 Å². The molecule has 0 radical (unpaired) electrons. The van der Waals surface area contributed by atoms with Crippen molar-refractivity contribution in [3.63, 3.8) is 0 Å². The van der Waals surface area contributed by atoms with Crippen molar-refractivity contribution in [2.45, 2.75) is 6.92 Å². The standard InChI is InChI=1S/C14H10BrNO4/c1-9-2-7-13(12(15)8-9)20-14(17)10-3-5-11(6-4-10)16(18)19/h2-8H,1H3. The summed E-state index contributed by atoms with van der Waals surface area (Å²) in [6.45, 7) is 1.92. The number of hydrogen-bond acceptors (Lipinski definition) is 4. The largest absolute Gasteiger partial charge is 0.422 e. The number of non-ortho nitro benzene ring substituents is 1. The maximum atomic E-state index is 11.9. The average molecular weight is 336 g/mol. The van der Waals surface area contributed by atoms with Crippen LogP contribution in [0.25, 0.3) is 0 Å². The molecule has 0 amide bonds. The fraction of sp³-hybridized carbons (Fsp3) is 0.0714. The Balaban J connectivity index is 2.17. The molecule has 2 aromatic rings. The van der Waals surface area contributed by atoms with E-state index in [2.05, 4.69) is 15.9 Å². The van der Waals surface area contributed by atoms with E-state index in [-0.39, 0.29) is 11.3 Å². The van der Waals surface area contributed by atoms with Gasteiger partial charge in [-0.1, -0.05) is 6.07 Å². The highest BCUT2D eigenvalue weighted by Gasteiger charge is 2.13.